The lowest BCUT2D eigenvalue weighted by atomic mass is 10.1. The molecule has 0 aromatic heterocycles. The van der Waals surface area contributed by atoms with E-state index in [0.29, 0.717) is 6.42 Å². The van der Waals surface area contributed by atoms with E-state index < -0.39 is 11.8 Å². The SMILES string of the molecule is CC1CC(COC(=O)OC(C)(C)C)OC1=O. The molecule has 1 aliphatic heterocycles. The van der Waals surface area contributed by atoms with Gasteiger partial charge < -0.3 is 14.2 Å². The zero-order valence-electron chi connectivity index (χ0n) is 10.1. The van der Waals surface area contributed by atoms with E-state index in [2.05, 4.69) is 0 Å². The van der Waals surface area contributed by atoms with E-state index >= 15 is 0 Å². The fourth-order valence-corrected chi connectivity index (χ4v) is 1.36. The number of hydrogen-bond donors (Lipinski definition) is 0. The van der Waals surface area contributed by atoms with Crippen LogP contribution >= 0.6 is 0 Å². The van der Waals surface area contributed by atoms with Crippen LogP contribution in [0, 0.1) is 5.92 Å². The Labute approximate surface area is 95.0 Å². The molecular formula is C11H18O5. The highest BCUT2D eigenvalue weighted by molar-refractivity contribution is 5.74. The molecule has 2 atom stereocenters. The summed E-state index contributed by atoms with van der Waals surface area (Å²) in [6.07, 6.45) is -0.486. The lowest BCUT2D eigenvalue weighted by Crippen LogP contribution is -2.27. The van der Waals surface area contributed by atoms with Crippen LogP contribution in [0.25, 0.3) is 0 Å². The van der Waals surface area contributed by atoms with Crippen molar-refractivity contribution in [3.05, 3.63) is 0 Å². The third-order valence-electron chi connectivity index (χ3n) is 2.08. The van der Waals surface area contributed by atoms with Gasteiger partial charge in [0.15, 0.2) is 0 Å². The highest BCUT2D eigenvalue weighted by Gasteiger charge is 2.32. The lowest BCUT2D eigenvalue weighted by molar-refractivity contribution is -0.145. The standard InChI is InChI=1S/C11H18O5/c1-7-5-8(15-9(7)12)6-14-10(13)16-11(2,3)4/h7-8H,5-6H2,1-4H3. The molecule has 1 aliphatic rings. The first-order chi connectivity index (χ1) is 7.28. The van der Waals surface area contributed by atoms with Crippen LogP contribution in [0.2, 0.25) is 0 Å². The molecule has 1 heterocycles. The summed E-state index contributed by atoms with van der Waals surface area (Å²) in [5, 5.41) is 0. The van der Waals surface area contributed by atoms with Gasteiger partial charge in [-0.05, 0) is 20.8 Å². The molecule has 1 saturated heterocycles. The molecular weight excluding hydrogens is 212 g/mol. The number of rotatable bonds is 2. The molecule has 5 nitrogen and oxygen atoms in total. The van der Waals surface area contributed by atoms with Crippen LogP contribution in [0.1, 0.15) is 34.1 Å². The molecule has 0 radical (unpaired) electrons. The second-order valence-electron chi connectivity index (χ2n) is 4.97. The molecule has 1 fully saturated rings. The molecule has 0 aromatic carbocycles. The summed E-state index contributed by atoms with van der Waals surface area (Å²) in [6.45, 7) is 7.12. The Morgan fingerprint density at radius 1 is 1.50 bits per heavy atom. The summed E-state index contributed by atoms with van der Waals surface area (Å²) >= 11 is 0. The Balaban J connectivity index is 2.26. The number of carbonyl (C=O) groups excluding carboxylic acids is 2. The molecule has 0 saturated carbocycles. The summed E-state index contributed by atoms with van der Waals surface area (Å²) in [5.41, 5.74) is -0.573. The van der Waals surface area contributed by atoms with Crippen molar-refractivity contribution in [2.24, 2.45) is 5.92 Å². The van der Waals surface area contributed by atoms with Gasteiger partial charge in [-0.1, -0.05) is 6.92 Å². The second kappa shape index (κ2) is 4.72. The maximum atomic E-state index is 11.2. The summed E-state index contributed by atoms with van der Waals surface area (Å²) in [5.74, 6) is -0.356. The van der Waals surface area contributed by atoms with Gasteiger partial charge in [0.2, 0.25) is 0 Å². The Hall–Kier alpha value is -1.26. The van der Waals surface area contributed by atoms with Gasteiger partial charge in [-0.2, -0.15) is 0 Å². The zero-order valence-corrected chi connectivity index (χ0v) is 10.1. The monoisotopic (exact) mass is 230 g/mol. The normalized spacial score (nSPS) is 25.1. The van der Waals surface area contributed by atoms with Crippen LogP contribution in [0.15, 0.2) is 0 Å². The first kappa shape index (κ1) is 12.8. The van der Waals surface area contributed by atoms with Crippen molar-refractivity contribution in [3.63, 3.8) is 0 Å². The second-order valence-corrected chi connectivity index (χ2v) is 4.97. The molecule has 0 bridgehead atoms. The number of hydrogen-bond acceptors (Lipinski definition) is 5. The summed E-state index contributed by atoms with van der Waals surface area (Å²) < 4.78 is 14.8. The van der Waals surface area contributed by atoms with E-state index in [-0.39, 0.29) is 24.6 Å². The molecule has 2 unspecified atom stereocenters. The molecule has 16 heavy (non-hydrogen) atoms. The molecule has 0 N–H and O–H groups in total. The molecule has 0 amide bonds. The van der Waals surface area contributed by atoms with Crippen molar-refractivity contribution < 1.29 is 23.8 Å². The van der Waals surface area contributed by atoms with Crippen molar-refractivity contribution in [2.45, 2.75) is 45.8 Å². The van der Waals surface area contributed by atoms with E-state index in [9.17, 15) is 9.59 Å². The number of carbonyl (C=O) groups is 2. The van der Waals surface area contributed by atoms with Crippen molar-refractivity contribution in [1.29, 1.82) is 0 Å². The van der Waals surface area contributed by atoms with Crippen molar-refractivity contribution in [3.8, 4) is 0 Å². The van der Waals surface area contributed by atoms with Crippen molar-refractivity contribution >= 4 is 12.1 Å². The highest BCUT2D eigenvalue weighted by Crippen LogP contribution is 2.20. The summed E-state index contributed by atoms with van der Waals surface area (Å²) in [6, 6.07) is 0. The Bertz CT molecular complexity index is 279. The summed E-state index contributed by atoms with van der Waals surface area (Å²) in [4.78, 5) is 22.3. The van der Waals surface area contributed by atoms with Crippen LogP contribution in [0.3, 0.4) is 0 Å². The third kappa shape index (κ3) is 4.08. The minimum Gasteiger partial charge on any atom is -0.458 e. The molecule has 5 heteroatoms. The Morgan fingerprint density at radius 3 is 2.56 bits per heavy atom. The number of esters is 1. The van der Waals surface area contributed by atoms with Crippen LogP contribution in [0.4, 0.5) is 4.79 Å². The molecule has 0 spiro atoms. The van der Waals surface area contributed by atoms with Gasteiger partial charge in [0.1, 0.15) is 18.3 Å². The van der Waals surface area contributed by atoms with Gasteiger partial charge in [-0.3, -0.25) is 4.79 Å². The average Bonchev–Trinajstić information content (AvgIpc) is 2.40. The zero-order chi connectivity index (χ0) is 12.3. The number of ether oxygens (including phenoxy) is 3. The maximum absolute atomic E-state index is 11.2. The van der Waals surface area contributed by atoms with E-state index in [1.54, 1.807) is 27.7 Å². The van der Waals surface area contributed by atoms with E-state index in [1.807, 2.05) is 0 Å². The number of cyclic esters (lactones) is 1. The van der Waals surface area contributed by atoms with Crippen LogP contribution in [-0.2, 0) is 19.0 Å². The van der Waals surface area contributed by atoms with Crippen molar-refractivity contribution in [1.82, 2.24) is 0 Å². The summed E-state index contributed by atoms with van der Waals surface area (Å²) in [7, 11) is 0. The van der Waals surface area contributed by atoms with Crippen LogP contribution in [-0.4, -0.2) is 30.4 Å². The first-order valence-corrected chi connectivity index (χ1v) is 5.34. The fraction of sp³-hybridized carbons (Fsp3) is 0.818. The van der Waals surface area contributed by atoms with Gasteiger partial charge in [-0.25, -0.2) is 4.79 Å². The lowest BCUT2D eigenvalue weighted by Gasteiger charge is -2.19. The molecule has 1 rings (SSSR count). The first-order valence-electron chi connectivity index (χ1n) is 5.34. The van der Waals surface area contributed by atoms with E-state index in [1.165, 1.54) is 0 Å². The van der Waals surface area contributed by atoms with E-state index in [0.717, 1.165) is 0 Å². The fourth-order valence-electron chi connectivity index (χ4n) is 1.36. The molecule has 0 aromatic rings. The van der Waals surface area contributed by atoms with Gasteiger partial charge in [0.25, 0.3) is 0 Å². The quantitative estimate of drug-likeness (QED) is 0.678. The minimum atomic E-state index is -0.733. The Morgan fingerprint density at radius 2 is 2.12 bits per heavy atom. The topological polar surface area (TPSA) is 61.8 Å². The van der Waals surface area contributed by atoms with Crippen molar-refractivity contribution in [2.75, 3.05) is 6.61 Å². The third-order valence-corrected chi connectivity index (χ3v) is 2.08. The highest BCUT2D eigenvalue weighted by atomic mass is 16.7. The largest absolute Gasteiger partial charge is 0.508 e. The maximum Gasteiger partial charge on any atom is 0.508 e. The van der Waals surface area contributed by atoms with Crippen LogP contribution in [0.5, 0.6) is 0 Å². The van der Waals surface area contributed by atoms with Gasteiger partial charge in [0.05, 0.1) is 5.92 Å². The average molecular weight is 230 g/mol. The molecule has 92 valence electrons. The predicted molar refractivity (Wildman–Crippen MR) is 55.8 cm³/mol. The Kier molecular flexibility index (Phi) is 3.78. The van der Waals surface area contributed by atoms with Gasteiger partial charge in [-0.15, -0.1) is 0 Å². The van der Waals surface area contributed by atoms with Gasteiger partial charge in [0, 0.05) is 6.42 Å². The minimum absolute atomic E-state index is 0.0605. The van der Waals surface area contributed by atoms with E-state index in [4.69, 9.17) is 14.2 Å². The smallest absolute Gasteiger partial charge is 0.458 e. The van der Waals surface area contributed by atoms with Gasteiger partial charge >= 0.3 is 12.1 Å². The molecule has 0 aliphatic carbocycles. The van der Waals surface area contributed by atoms with Crippen LogP contribution < -0.4 is 0 Å². The predicted octanol–water partition coefficient (Wildman–Crippen LogP) is 1.89.